The largest absolute Gasteiger partial charge is 0.453 e. The lowest BCUT2D eigenvalue weighted by Gasteiger charge is -2.28. The summed E-state index contributed by atoms with van der Waals surface area (Å²) in [6.45, 7) is 0.652. The van der Waals surface area contributed by atoms with Crippen molar-refractivity contribution in [2.45, 2.75) is 17.9 Å². The van der Waals surface area contributed by atoms with Crippen LogP contribution in [0, 0.1) is 0 Å². The molecule has 1 aliphatic heterocycles. The molecule has 0 fully saturated rings. The molecule has 25 heavy (non-hydrogen) atoms. The topological polar surface area (TPSA) is 75.7 Å². The maximum Gasteiger partial charge on any atom is 0.411 e. The van der Waals surface area contributed by atoms with Crippen LogP contribution < -0.4 is 5.32 Å². The summed E-state index contributed by atoms with van der Waals surface area (Å²) in [6.07, 6.45) is 0.0436. The van der Waals surface area contributed by atoms with E-state index in [1.54, 1.807) is 24.3 Å². The highest BCUT2D eigenvalue weighted by molar-refractivity contribution is 7.89. The predicted octanol–water partition coefficient (Wildman–Crippen LogP) is 3.27. The number of hydrogen-bond acceptors (Lipinski definition) is 4. The number of benzene rings is 2. The van der Waals surface area contributed by atoms with Crippen molar-refractivity contribution in [1.29, 1.82) is 0 Å². The third-order valence-corrected chi connectivity index (χ3v) is 6.18. The zero-order valence-corrected chi connectivity index (χ0v) is 15.1. The van der Waals surface area contributed by atoms with Gasteiger partial charge in [0, 0.05) is 23.8 Å². The average Bonchev–Trinajstić information content (AvgIpc) is 2.61. The Bertz CT molecular complexity index is 897. The van der Waals surface area contributed by atoms with Gasteiger partial charge in [0.25, 0.3) is 0 Å². The molecule has 0 bridgehead atoms. The Kier molecular flexibility index (Phi) is 4.99. The average molecular weight is 381 g/mol. The number of ether oxygens (including phenoxy) is 1. The molecule has 1 aliphatic rings. The molecular weight excluding hydrogens is 364 g/mol. The van der Waals surface area contributed by atoms with Gasteiger partial charge in [-0.25, -0.2) is 13.2 Å². The lowest BCUT2D eigenvalue weighted by molar-refractivity contribution is 0.187. The van der Waals surface area contributed by atoms with Gasteiger partial charge in [-0.3, -0.25) is 5.32 Å². The Balaban J connectivity index is 1.85. The SMILES string of the molecule is COC(=O)Nc1ccc2c(c1)CN(S(=O)(=O)c1ccc(Cl)cc1)CC2. The first kappa shape index (κ1) is 17.7. The fourth-order valence-electron chi connectivity index (χ4n) is 2.74. The van der Waals surface area contributed by atoms with Crippen LogP contribution in [-0.4, -0.2) is 32.5 Å². The third kappa shape index (κ3) is 3.78. The Morgan fingerprint density at radius 1 is 1.16 bits per heavy atom. The van der Waals surface area contributed by atoms with Gasteiger partial charge in [0.05, 0.1) is 12.0 Å². The Labute approximate surface area is 151 Å². The van der Waals surface area contributed by atoms with E-state index >= 15 is 0 Å². The van der Waals surface area contributed by atoms with Crippen LogP contribution in [0.1, 0.15) is 11.1 Å². The highest BCUT2D eigenvalue weighted by Crippen LogP contribution is 2.27. The number of carbonyl (C=O) groups excluding carboxylic acids is 1. The second kappa shape index (κ2) is 7.03. The van der Waals surface area contributed by atoms with E-state index in [2.05, 4.69) is 10.1 Å². The number of hydrogen-bond donors (Lipinski definition) is 1. The Hall–Kier alpha value is -2.09. The zero-order chi connectivity index (χ0) is 18.0. The van der Waals surface area contributed by atoms with Gasteiger partial charge in [-0.1, -0.05) is 17.7 Å². The van der Waals surface area contributed by atoms with Gasteiger partial charge in [0.1, 0.15) is 0 Å². The van der Waals surface area contributed by atoms with Gasteiger partial charge in [-0.05, 0) is 53.9 Å². The lowest BCUT2D eigenvalue weighted by Crippen LogP contribution is -2.36. The summed E-state index contributed by atoms with van der Waals surface area (Å²) in [5.41, 5.74) is 2.49. The van der Waals surface area contributed by atoms with Crippen LogP contribution in [0.2, 0.25) is 5.02 Å². The van der Waals surface area contributed by atoms with E-state index < -0.39 is 16.1 Å². The molecule has 2 aromatic carbocycles. The Morgan fingerprint density at radius 3 is 2.56 bits per heavy atom. The monoisotopic (exact) mass is 380 g/mol. The molecule has 2 aromatic rings. The molecule has 0 atom stereocenters. The number of nitrogens with zero attached hydrogens (tertiary/aromatic N) is 1. The highest BCUT2D eigenvalue weighted by atomic mass is 35.5. The molecule has 132 valence electrons. The molecule has 0 aromatic heterocycles. The number of nitrogens with one attached hydrogen (secondary N) is 1. The van der Waals surface area contributed by atoms with Crippen molar-refractivity contribution >= 4 is 33.4 Å². The van der Waals surface area contributed by atoms with Gasteiger partial charge >= 0.3 is 6.09 Å². The first-order chi connectivity index (χ1) is 11.9. The summed E-state index contributed by atoms with van der Waals surface area (Å²) in [7, 11) is -2.31. The second-order valence-corrected chi connectivity index (χ2v) is 8.02. The predicted molar refractivity (Wildman–Crippen MR) is 95.2 cm³/mol. The molecule has 8 heteroatoms. The van der Waals surface area contributed by atoms with Crippen molar-refractivity contribution in [3.05, 3.63) is 58.6 Å². The molecule has 1 amide bonds. The van der Waals surface area contributed by atoms with E-state index in [4.69, 9.17) is 11.6 Å². The van der Waals surface area contributed by atoms with Crippen LogP contribution in [0.15, 0.2) is 47.4 Å². The quantitative estimate of drug-likeness (QED) is 0.886. The molecule has 0 saturated heterocycles. The van der Waals surface area contributed by atoms with Crippen LogP contribution in [0.4, 0.5) is 10.5 Å². The molecule has 0 spiro atoms. The number of halogens is 1. The fourth-order valence-corrected chi connectivity index (χ4v) is 4.28. The standard InChI is InChI=1S/C17H17ClN2O4S/c1-24-17(21)19-15-5-2-12-8-9-20(11-13(12)10-15)25(22,23)16-6-3-14(18)4-7-16/h2-7,10H,8-9,11H2,1H3,(H,19,21). The van der Waals surface area contributed by atoms with E-state index in [0.29, 0.717) is 23.7 Å². The minimum absolute atomic E-state index is 0.212. The molecular formula is C17H17ClN2O4S. The molecule has 1 heterocycles. The molecule has 0 aliphatic carbocycles. The second-order valence-electron chi connectivity index (χ2n) is 5.64. The summed E-state index contributed by atoms with van der Waals surface area (Å²) in [5.74, 6) is 0. The van der Waals surface area contributed by atoms with Crippen LogP contribution in [0.25, 0.3) is 0 Å². The van der Waals surface area contributed by atoms with Crippen LogP contribution in [0.5, 0.6) is 0 Å². The van der Waals surface area contributed by atoms with E-state index in [9.17, 15) is 13.2 Å². The van der Waals surface area contributed by atoms with Crippen molar-refractivity contribution in [2.24, 2.45) is 0 Å². The zero-order valence-electron chi connectivity index (χ0n) is 13.5. The summed E-state index contributed by atoms with van der Waals surface area (Å²) in [5, 5.41) is 3.08. The first-order valence-electron chi connectivity index (χ1n) is 7.62. The van der Waals surface area contributed by atoms with Gasteiger partial charge in [0.15, 0.2) is 0 Å². The maximum absolute atomic E-state index is 12.8. The summed E-state index contributed by atoms with van der Waals surface area (Å²) < 4.78 is 31.6. The van der Waals surface area contributed by atoms with Crippen molar-refractivity contribution in [1.82, 2.24) is 4.31 Å². The van der Waals surface area contributed by atoms with E-state index in [-0.39, 0.29) is 11.4 Å². The maximum atomic E-state index is 12.8. The molecule has 0 radical (unpaired) electrons. The number of rotatable bonds is 3. The number of fused-ring (bicyclic) bond motifs is 1. The van der Waals surface area contributed by atoms with Gasteiger partial charge in [0.2, 0.25) is 10.0 Å². The van der Waals surface area contributed by atoms with Gasteiger partial charge < -0.3 is 4.74 Å². The number of methoxy groups -OCH3 is 1. The molecule has 1 N–H and O–H groups in total. The van der Waals surface area contributed by atoms with Gasteiger partial charge in [-0.15, -0.1) is 0 Å². The fraction of sp³-hybridized carbons (Fsp3) is 0.235. The third-order valence-electron chi connectivity index (χ3n) is 4.07. The van der Waals surface area contributed by atoms with Crippen molar-refractivity contribution in [3.63, 3.8) is 0 Å². The number of anilines is 1. The van der Waals surface area contributed by atoms with Gasteiger partial charge in [-0.2, -0.15) is 4.31 Å². The number of amides is 1. The van der Waals surface area contributed by atoms with E-state index in [1.807, 2.05) is 6.07 Å². The normalized spacial score (nSPS) is 14.6. The molecule has 0 unspecified atom stereocenters. The summed E-state index contributed by atoms with van der Waals surface area (Å²) in [6, 6.07) is 11.6. The molecule has 0 saturated carbocycles. The first-order valence-corrected chi connectivity index (χ1v) is 9.44. The van der Waals surface area contributed by atoms with Crippen LogP contribution in [0.3, 0.4) is 0 Å². The molecule has 3 rings (SSSR count). The van der Waals surface area contributed by atoms with Crippen LogP contribution in [-0.2, 0) is 27.7 Å². The minimum atomic E-state index is -3.60. The van der Waals surface area contributed by atoms with Crippen LogP contribution >= 0.6 is 11.6 Å². The van der Waals surface area contributed by atoms with Crippen molar-refractivity contribution in [2.75, 3.05) is 19.0 Å². The molecule has 6 nitrogen and oxygen atoms in total. The highest BCUT2D eigenvalue weighted by Gasteiger charge is 2.28. The lowest BCUT2D eigenvalue weighted by atomic mass is 10.0. The summed E-state index contributed by atoms with van der Waals surface area (Å²) in [4.78, 5) is 11.5. The van der Waals surface area contributed by atoms with E-state index in [0.717, 1.165) is 11.1 Å². The van der Waals surface area contributed by atoms with E-state index in [1.165, 1.54) is 23.5 Å². The van der Waals surface area contributed by atoms with Crippen molar-refractivity contribution < 1.29 is 17.9 Å². The number of sulfonamides is 1. The van der Waals surface area contributed by atoms with Crippen molar-refractivity contribution in [3.8, 4) is 0 Å². The smallest absolute Gasteiger partial charge is 0.411 e. The Morgan fingerprint density at radius 2 is 1.88 bits per heavy atom. The number of carbonyl (C=O) groups is 1. The summed E-state index contributed by atoms with van der Waals surface area (Å²) >= 11 is 5.83. The minimum Gasteiger partial charge on any atom is -0.453 e.